The average molecular weight is 461 g/mol. The minimum atomic E-state index is -4.55. The van der Waals surface area contributed by atoms with Crippen LogP contribution in [0.1, 0.15) is 40.2 Å². The predicted molar refractivity (Wildman–Crippen MR) is 113 cm³/mol. The molecule has 1 amide bonds. The van der Waals surface area contributed by atoms with Gasteiger partial charge in [0.1, 0.15) is 6.61 Å². The highest BCUT2D eigenvalue weighted by Gasteiger charge is 2.34. The molecule has 3 N–H and O–H groups in total. The van der Waals surface area contributed by atoms with Crippen molar-refractivity contribution in [1.29, 1.82) is 0 Å². The number of aliphatic hydroxyl groups is 1. The Morgan fingerprint density at radius 3 is 2.73 bits per heavy atom. The molecule has 1 aromatic heterocycles. The molecule has 3 aromatic rings. The van der Waals surface area contributed by atoms with Crippen LogP contribution in [0.25, 0.3) is 0 Å². The van der Waals surface area contributed by atoms with Crippen LogP contribution in [0.2, 0.25) is 0 Å². The first kappa shape index (κ1) is 22.7. The molecule has 0 fully saturated rings. The van der Waals surface area contributed by atoms with E-state index in [1.54, 1.807) is 30.5 Å². The number of hydrogen-bond acceptors (Lipinski definition) is 5. The maximum atomic E-state index is 13.5. The third-order valence-corrected chi connectivity index (χ3v) is 5.55. The topological polar surface area (TPSA) is 96.5 Å². The van der Waals surface area contributed by atoms with Crippen LogP contribution in [0.5, 0.6) is 11.5 Å². The Bertz CT molecular complexity index is 1160. The summed E-state index contributed by atoms with van der Waals surface area (Å²) in [5, 5.41) is 18.5. The number of fused-ring (bicyclic) bond motifs is 1. The van der Waals surface area contributed by atoms with Gasteiger partial charge in [0.2, 0.25) is 5.91 Å². The standard InChI is InChI=1S/C23H22F3N3O4/c1-32-20-9-14(16-10-21(31)28-22-17(16)11-27-29-22)4-5-19(20)33-12-15-3-2-13(6-7-30)8-18(15)23(24,25)26/h2-5,8-9,11,16,30H,6-7,10,12H2,1H3,(H2,27,28,29,31). The number of methoxy groups -OCH3 is 1. The number of benzene rings is 2. The molecule has 174 valence electrons. The first-order chi connectivity index (χ1) is 15.8. The molecule has 0 radical (unpaired) electrons. The predicted octanol–water partition coefficient (Wildman–Crippen LogP) is 4.03. The molecule has 10 heteroatoms. The molecular formula is C23H22F3N3O4. The molecule has 2 heterocycles. The number of aliphatic hydroxyl groups excluding tert-OH is 1. The fraction of sp³-hybridized carbons (Fsp3) is 0.304. The number of nitrogens with zero attached hydrogens (tertiary/aromatic N) is 1. The Kier molecular flexibility index (Phi) is 6.28. The van der Waals surface area contributed by atoms with Gasteiger partial charge in [0, 0.05) is 36.3 Å². The first-order valence-electron chi connectivity index (χ1n) is 10.2. The van der Waals surface area contributed by atoms with Crippen molar-refractivity contribution in [3.8, 4) is 11.5 Å². The monoisotopic (exact) mass is 461 g/mol. The molecule has 0 saturated carbocycles. The van der Waals surface area contributed by atoms with Crippen molar-refractivity contribution in [2.75, 3.05) is 19.0 Å². The van der Waals surface area contributed by atoms with E-state index in [0.717, 1.165) is 17.2 Å². The summed E-state index contributed by atoms with van der Waals surface area (Å²) < 4.78 is 51.7. The quantitative estimate of drug-likeness (QED) is 0.494. The van der Waals surface area contributed by atoms with Crippen molar-refractivity contribution in [1.82, 2.24) is 10.2 Å². The zero-order chi connectivity index (χ0) is 23.6. The summed E-state index contributed by atoms with van der Waals surface area (Å²) in [7, 11) is 1.44. The lowest BCUT2D eigenvalue weighted by atomic mass is 9.87. The number of H-pyrrole nitrogens is 1. The molecule has 1 unspecified atom stereocenters. The van der Waals surface area contributed by atoms with Crippen LogP contribution in [0.3, 0.4) is 0 Å². The maximum Gasteiger partial charge on any atom is 0.416 e. The Labute approximate surface area is 187 Å². The van der Waals surface area contributed by atoms with Crippen molar-refractivity contribution in [2.45, 2.75) is 31.5 Å². The molecule has 0 aliphatic carbocycles. The molecule has 33 heavy (non-hydrogen) atoms. The van der Waals surface area contributed by atoms with E-state index in [1.807, 2.05) is 0 Å². The molecular weight excluding hydrogens is 439 g/mol. The minimum Gasteiger partial charge on any atom is -0.493 e. The number of hydrogen-bond donors (Lipinski definition) is 3. The number of ether oxygens (including phenoxy) is 2. The lowest BCUT2D eigenvalue weighted by Crippen LogP contribution is -2.23. The number of rotatable bonds is 7. The van der Waals surface area contributed by atoms with Gasteiger partial charge < -0.3 is 19.9 Å². The number of amides is 1. The second-order valence-electron chi connectivity index (χ2n) is 7.66. The summed E-state index contributed by atoms with van der Waals surface area (Å²) >= 11 is 0. The number of carbonyl (C=O) groups excluding carboxylic acids is 1. The Morgan fingerprint density at radius 2 is 2.00 bits per heavy atom. The highest BCUT2D eigenvalue weighted by atomic mass is 19.4. The molecule has 0 saturated heterocycles. The Morgan fingerprint density at radius 1 is 1.18 bits per heavy atom. The van der Waals surface area contributed by atoms with Crippen molar-refractivity contribution >= 4 is 11.7 Å². The first-order valence-corrected chi connectivity index (χ1v) is 10.2. The third-order valence-electron chi connectivity index (χ3n) is 5.55. The summed E-state index contributed by atoms with van der Waals surface area (Å²) in [6.07, 6.45) is -2.47. The lowest BCUT2D eigenvalue weighted by molar-refractivity contribution is -0.138. The van der Waals surface area contributed by atoms with Gasteiger partial charge in [-0.05, 0) is 35.7 Å². The zero-order valence-electron chi connectivity index (χ0n) is 17.7. The van der Waals surface area contributed by atoms with Crippen molar-refractivity contribution < 1.29 is 32.5 Å². The fourth-order valence-corrected chi connectivity index (χ4v) is 3.91. The largest absolute Gasteiger partial charge is 0.493 e. The summed E-state index contributed by atoms with van der Waals surface area (Å²) in [6, 6.07) is 9.02. The lowest BCUT2D eigenvalue weighted by Gasteiger charge is -2.23. The van der Waals surface area contributed by atoms with Gasteiger partial charge in [0.25, 0.3) is 0 Å². The van der Waals surface area contributed by atoms with E-state index in [2.05, 4.69) is 15.5 Å². The van der Waals surface area contributed by atoms with Crippen LogP contribution >= 0.6 is 0 Å². The summed E-state index contributed by atoms with van der Waals surface area (Å²) in [5.74, 6) is 0.685. The van der Waals surface area contributed by atoms with Crippen molar-refractivity contribution in [3.05, 3.63) is 70.4 Å². The van der Waals surface area contributed by atoms with E-state index in [9.17, 15) is 18.0 Å². The fourth-order valence-electron chi connectivity index (χ4n) is 3.91. The van der Waals surface area contributed by atoms with Gasteiger partial charge in [-0.1, -0.05) is 18.2 Å². The SMILES string of the molecule is COc1cc(C2CC(=O)Nc3n[nH]cc32)ccc1OCc1ccc(CCO)cc1C(F)(F)F. The second kappa shape index (κ2) is 9.14. The van der Waals surface area contributed by atoms with Crippen LogP contribution < -0.4 is 14.8 Å². The number of halogens is 3. The smallest absolute Gasteiger partial charge is 0.416 e. The van der Waals surface area contributed by atoms with Crippen LogP contribution in [0, 0.1) is 0 Å². The van der Waals surface area contributed by atoms with Crippen molar-refractivity contribution in [3.63, 3.8) is 0 Å². The molecule has 1 aliphatic heterocycles. The zero-order valence-corrected chi connectivity index (χ0v) is 17.7. The van der Waals surface area contributed by atoms with E-state index in [1.165, 1.54) is 13.2 Å². The third kappa shape index (κ3) is 4.80. The van der Waals surface area contributed by atoms with Crippen LogP contribution in [-0.2, 0) is 24.0 Å². The summed E-state index contributed by atoms with van der Waals surface area (Å²) in [5.41, 5.74) is 1.20. The van der Waals surface area contributed by atoms with Crippen LogP contribution in [0.4, 0.5) is 19.0 Å². The Balaban J connectivity index is 1.58. The summed E-state index contributed by atoms with van der Waals surface area (Å²) in [6.45, 7) is -0.554. The molecule has 0 bridgehead atoms. The van der Waals surface area contributed by atoms with Gasteiger partial charge in [0.05, 0.1) is 12.7 Å². The number of alkyl halides is 3. The minimum absolute atomic E-state index is 0.0256. The number of aromatic nitrogens is 2. The van der Waals surface area contributed by atoms with Gasteiger partial charge >= 0.3 is 6.18 Å². The van der Waals surface area contributed by atoms with Crippen LogP contribution in [0.15, 0.2) is 42.6 Å². The highest BCUT2D eigenvalue weighted by Crippen LogP contribution is 2.40. The van der Waals surface area contributed by atoms with Crippen molar-refractivity contribution in [2.24, 2.45) is 0 Å². The molecule has 1 atom stereocenters. The number of anilines is 1. The summed E-state index contributed by atoms with van der Waals surface area (Å²) in [4.78, 5) is 12.0. The van der Waals surface area contributed by atoms with Gasteiger partial charge in [-0.15, -0.1) is 0 Å². The van der Waals surface area contributed by atoms with Gasteiger partial charge in [-0.3, -0.25) is 9.89 Å². The number of aromatic amines is 1. The van der Waals surface area contributed by atoms with E-state index >= 15 is 0 Å². The second-order valence-corrected chi connectivity index (χ2v) is 7.66. The van der Waals surface area contributed by atoms with E-state index < -0.39 is 11.7 Å². The number of nitrogens with one attached hydrogen (secondary N) is 2. The number of carbonyl (C=O) groups is 1. The van der Waals surface area contributed by atoms with Gasteiger partial charge in [0.15, 0.2) is 17.3 Å². The van der Waals surface area contributed by atoms with E-state index in [0.29, 0.717) is 17.1 Å². The maximum absolute atomic E-state index is 13.5. The Hall–Kier alpha value is -3.53. The average Bonchev–Trinajstić information content (AvgIpc) is 3.25. The highest BCUT2D eigenvalue weighted by molar-refractivity contribution is 5.94. The molecule has 2 aromatic carbocycles. The van der Waals surface area contributed by atoms with E-state index in [4.69, 9.17) is 14.6 Å². The van der Waals surface area contributed by atoms with Gasteiger partial charge in [-0.25, -0.2) is 0 Å². The van der Waals surface area contributed by atoms with Crippen LogP contribution in [-0.4, -0.2) is 34.9 Å². The molecule has 4 rings (SSSR count). The van der Waals surface area contributed by atoms with E-state index in [-0.39, 0.29) is 49.2 Å². The molecule has 7 nitrogen and oxygen atoms in total. The molecule has 1 aliphatic rings. The van der Waals surface area contributed by atoms with Gasteiger partial charge in [-0.2, -0.15) is 18.3 Å². The normalized spacial score (nSPS) is 15.7. The molecule has 0 spiro atoms.